The Morgan fingerprint density at radius 2 is 1.84 bits per heavy atom. The van der Waals surface area contributed by atoms with Crippen LogP contribution in [-0.4, -0.2) is 59.1 Å². The van der Waals surface area contributed by atoms with Crippen LogP contribution >= 0.6 is 0 Å². The van der Waals surface area contributed by atoms with Gasteiger partial charge in [-0.05, 0) is 29.8 Å². The minimum Gasteiger partial charge on any atom is -0.379 e. The zero-order valence-corrected chi connectivity index (χ0v) is 17.8. The number of hydrogen-bond acceptors (Lipinski definition) is 7. The fraction of sp³-hybridized carbons (Fsp3) is 0.304. The van der Waals surface area contributed by atoms with Crippen LogP contribution in [0.15, 0.2) is 54.9 Å². The summed E-state index contributed by atoms with van der Waals surface area (Å²) >= 11 is 0. The van der Waals surface area contributed by atoms with Crippen LogP contribution in [-0.2, 0) is 16.1 Å². The van der Waals surface area contributed by atoms with Gasteiger partial charge in [-0.15, -0.1) is 0 Å². The summed E-state index contributed by atoms with van der Waals surface area (Å²) in [6, 6.07) is 11.0. The summed E-state index contributed by atoms with van der Waals surface area (Å²) in [7, 11) is 1.78. The van der Waals surface area contributed by atoms with E-state index in [2.05, 4.69) is 25.6 Å². The molecule has 1 fully saturated rings. The van der Waals surface area contributed by atoms with Gasteiger partial charge in [0.05, 0.1) is 25.5 Å². The second-order valence-electron chi connectivity index (χ2n) is 7.37. The maximum absolute atomic E-state index is 13.5. The highest BCUT2D eigenvalue weighted by Gasteiger charge is 2.29. The van der Waals surface area contributed by atoms with Crippen LogP contribution < -0.4 is 10.6 Å². The standard InChI is InChI=1S/C23H25FN6O2/c1-25-20-14-19(28-22(29-20)17-6-8-26-9-7-17)15-27-23(31)21(30-10-12-32-13-11-30)16-2-4-18(24)5-3-16/h2-9,14,21H,10-13,15H2,1H3,(H,27,31)(H,25,28,29). The van der Waals surface area contributed by atoms with Crippen LogP contribution in [0, 0.1) is 5.82 Å². The molecule has 8 nitrogen and oxygen atoms in total. The zero-order valence-electron chi connectivity index (χ0n) is 17.8. The van der Waals surface area contributed by atoms with Crippen molar-refractivity contribution >= 4 is 11.7 Å². The van der Waals surface area contributed by atoms with Crippen molar-refractivity contribution in [3.63, 3.8) is 0 Å². The zero-order chi connectivity index (χ0) is 22.3. The predicted octanol–water partition coefficient (Wildman–Crippen LogP) is 2.41. The minimum absolute atomic E-state index is 0.173. The van der Waals surface area contributed by atoms with Gasteiger partial charge in [0, 0.05) is 44.2 Å². The Bertz CT molecular complexity index is 1040. The topological polar surface area (TPSA) is 92.3 Å². The highest BCUT2D eigenvalue weighted by molar-refractivity contribution is 5.83. The fourth-order valence-electron chi connectivity index (χ4n) is 3.63. The van der Waals surface area contributed by atoms with Crippen LogP contribution in [0.2, 0.25) is 0 Å². The normalized spacial score (nSPS) is 15.2. The molecule has 0 radical (unpaired) electrons. The third-order valence-corrected chi connectivity index (χ3v) is 5.26. The lowest BCUT2D eigenvalue weighted by Crippen LogP contribution is -2.45. The Labute approximate surface area is 185 Å². The van der Waals surface area contributed by atoms with E-state index in [1.54, 1.807) is 37.6 Å². The smallest absolute Gasteiger partial charge is 0.242 e. The number of rotatable bonds is 7. The summed E-state index contributed by atoms with van der Waals surface area (Å²) in [5.74, 6) is 0.693. The highest BCUT2D eigenvalue weighted by Crippen LogP contribution is 2.23. The lowest BCUT2D eigenvalue weighted by molar-refractivity contribution is -0.128. The first-order valence-corrected chi connectivity index (χ1v) is 10.4. The number of carbonyl (C=O) groups excluding carboxylic acids is 1. The molecule has 32 heavy (non-hydrogen) atoms. The fourth-order valence-corrected chi connectivity index (χ4v) is 3.63. The van der Waals surface area contributed by atoms with Gasteiger partial charge in [-0.3, -0.25) is 14.7 Å². The average molecular weight is 436 g/mol. The largest absolute Gasteiger partial charge is 0.379 e. The molecule has 1 unspecified atom stereocenters. The van der Waals surface area contributed by atoms with Crippen molar-refractivity contribution in [3.05, 3.63) is 71.9 Å². The van der Waals surface area contributed by atoms with Gasteiger partial charge in [-0.2, -0.15) is 0 Å². The first kappa shape index (κ1) is 21.8. The first-order valence-electron chi connectivity index (χ1n) is 10.4. The number of aromatic nitrogens is 3. The van der Waals surface area contributed by atoms with E-state index in [1.807, 2.05) is 17.0 Å². The summed E-state index contributed by atoms with van der Waals surface area (Å²) in [6.45, 7) is 2.59. The van der Waals surface area contributed by atoms with Crippen LogP contribution in [0.3, 0.4) is 0 Å². The molecule has 0 saturated carbocycles. The molecule has 1 atom stereocenters. The van der Waals surface area contributed by atoms with Crippen molar-refractivity contribution in [1.82, 2.24) is 25.2 Å². The molecule has 1 aromatic carbocycles. The van der Waals surface area contributed by atoms with Gasteiger partial charge in [0.15, 0.2) is 5.82 Å². The molecule has 0 bridgehead atoms. The third kappa shape index (κ3) is 5.24. The Balaban J connectivity index is 1.54. The van der Waals surface area contributed by atoms with Crippen molar-refractivity contribution < 1.29 is 13.9 Å². The van der Waals surface area contributed by atoms with Crippen LogP contribution in [0.25, 0.3) is 11.4 Å². The van der Waals surface area contributed by atoms with Crippen molar-refractivity contribution in [2.45, 2.75) is 12.6 Å². The molecule has 2 N–H and O–H groups in total. The molecule has 2 aromatic heterocycles. The van der Waals surface area contributed by atoms with Gasteiger partial charge in [-0.1, -0.05) is 12.1 Å². The molecule has 166 valence electrons. The Morgan fingerprint density at radius 3 is 2.53 bits per heavy atom. The molecule has 0 spiro atoms. The molecule has 1 aliphatic heterocycles. The lowest BCUT2D eigenvalue weighted by atomic mass is 10.0. The average Bonchev–Trinajstić information content (AvgIpc) is 2.85. The summed E-state index contributed by atoms with van der Waals surface area (Å²) in [5, 5.41) is 6.03. The first-order chi connectivity index (χ1) is 15.6. The second kappa shape index (κ2) is 10.3. The van der Waals surface area contributed by atoms with Crippen molar-refractivity contribution in [2.75, 3.05) is 38.7 Å². The number of nitrogens with zero attached hydrogens (tertiary/aromatic N) is 4. The van der Waals surface area contributed by atoms with Crippen LogP contribution in [0.4, 0.5) is 10.2 Å². The monoisotopic (exact) mass is 436 g/mol. The number of amides is 1. The van der Waals surface area contributed by atoms with Crippen LogP contribution in [0.5, 0.6) is 0 Å². The molecule has 4 rings (SSSR count). The van der Waals surface area contributed by atoms with E-state index in [0.717, 1.165) is 11.1 Å². The highest BCUT2D eigenvalue weighted by atomic mass is 19.1. The van der Waals surface area contributed by atoms with E-state index < -0.39 is 6.04 Å². The third-order valence-electron chi connectivity index (χ3n) is 5.26. The summed E-state index contributed by atoms with van der Waals surface area (Å²) in [6.07, 6.45) is 3.36. The van der Waals surface area contributed by atoms with E-state index in [1.165, 1.54) is 12.1 Å². The van der Waals surface area contributed by atoms with E-state index in [-0.39, 0.29) is 18.3 Å². The Kier molecular flexibility index (Phi) is 6.98. The number of morpholine rings is 1. The van der Waals surface area contributed by atoms with E-state index in [9.17, 15) is 9.18 Å². The summed E-state index contributed by atoms with van der Waals surface area (Å²) in [5.41, 5.74) is 2.24. The maximum atomic E-state index is 13.5. The van der Waals surface area contributed by atoms with E-state index >= 15 is 0 Å². The molecule has 1 saturated heterocycles. The molecule has 9 heteroatoms. The molecular formula is C23H25FN6O2. The summed E-state index contributed by atoms with van der Waals surface area (Å²) in [4.78, 5) is 28.4. The molecule has 1 aliphatic rings. The molecule has 1 amide bonds. The van der Waals surface area contributed by atoms with Gasteiger partial charge >= 0.3 is 0 Å². The van der Waals surface area contributed by atoms with Crippen molar-refractivity contribution in [2.24, 2.45) is 0 Å². The number of hydrogen-bond donors (Lipinski definition) is 2. The number of nitrogens with one attached hydrogen (secondary N) is 2. The van der Waals surface area contributed by atoms with E-state index in [0.29, 0.717) is 43.6 Å². The molecule has 3 heterocycles. The van der Waals surface area contributed by atoms with Gasteiger partial charge in [-0.25, -0.2) is 14.4 Å². The number of pyridine rings is 1. The number of ether oxygens (including phenoxy) is 1. The van der Waals surface area contributed by atoms with Gasteiger partial charge < -0.3 is 15.4 Å². The minimum atomic E-state index is -0.537. The van der Waals surface area contributed by atoms with Gasteiger partial charge in [0.1, 0.15) is 17.7 Å². The summed E-state index contributed by atoms with van der Waals surface area (Å²) < 4.78 is 18.9. The van der Waals surface area contributed by atoms with E-state index in [4.69, 9.17) is 4.74 Å². The predicted molar refractivity (Wildman–Crippen MR) is 118 cm³/mol. The SMILES string of the molecule is CNc1cc(CNC(=O)C(c2ccc(F)cc2)N2CCOCC2)nc(-c2ccncc2)n1. The Morgan fingerprint density at radius 1 is 1.12 bits per heavy atom. The Hall–Kier alpha value is -3.43. The van der Waals surface area contributed by atoms with Gasteiger partial charge in [0.2, 0.25) is 5.91 Å². The second-order valence-corrected chi connectivity index (χ2v) is 7.37. The number of halogens is 1. The van der Waals surface area contributed by atoms with Crippen molar-refractivity contribution in [3.8, 4) is 11.4 Å². The van der Waals surface area contributed by atoms with Gasteiger partial charge in [0.25, 0.3) is 0 Å². The quantitative estimate of drug-likeness (QED) is 0.588. The number of carbonyl (C=O) groups is 1. The molecular weight excluding hydrogens is 411 g/mol. The molecule has 0 aliphatic carbocycles. The maximum Gasteiger partial charge on any atom is 0.242 e. The van der Waals surface area contributed by atoms with Crippen molar-refractivity contribution in [1.29, 1.82) is 0 Å². The molecule has 3 aromatic rings. The van der Waals surface area contributed by atoms with Crippen LogP contribution in [0.1, 0.15) is 17.3 Å². The lowest BCUT2D eigenvalue weighted by Gasteiger charge is -2.33. The number of benzene rings is 1. The number of anilines is 1.